The Labute approximate surface area is 128 Å². The highest BCUT2D eigenvalue weighted by Gasteiger charge is 2.06. The molecule has 2 rings (SSSR count). The fourth-order valence-corrected chi connectivity index (χ4v) is 2.28. The molecule has 0 atom stereocenters. The van der Waals surface area contributed by atoms with Gasteiger partial charge in [0, 0.05) is 26.7 Å². The highest BCUT2D eigenvalue weighted by atomic mass is 79.9. The molecule has 3 nitrogen and oxygen atoms in total. The number of rotatable bonds is 3. The summed E-state index contributed by atoms with van der Waals surface area (Å²) in [5.41, 5.74) is 8.03. The molecule has 5 heteroatoms. The average Bonchev–Trinajstić information content (AvgIpc) is 2.40. The summed E-state index contributed by atoms with van der Waals surface area (Å²) >= 11 is 6.72. The number of halogens is 2. The van der Waals surface area contributed by atoms with E-state index in [1.54, 1.807) is 12.1 Å². The summed E-state index contributed by atoms with van der Waals surface area (Å²) in [6, 6.07) is 12.8. The summed E-state index contributed by atoms with van der Waals surface area (Å²) < 4.78 is 1.88. The van der Waals surface area contributed by atoms with Gasteiger partial charge >= 0.3 is 0 Å². The van der Waals surface area contributed by atoms with Gasteiger partial charge in [0.2, 0.25) is 0 Å². The van der Waals surface area contributed by atoms with Gasteiger partial charge in [0.15, 0.2) is 0 Å². The maximum absolute atomic E-state index is 11.9. The van der Waals surface area contributed by atoms with Crippen molar-refractivity contribution in [3.63, 3.8) is 0 Å². The third-order valence-electron chi connectivity index (χ3n) is 2.65. The van der Waals surface area contributed by atoms with Gasteiger partial charge < -0.3 is 11.1 Å². The number of nitrogen functional groups attached to an aromatic ring is 1. The number of carbonyl (C=O) groups excluding carboxylic acids is 1. The maximum atomic E-state index is 11.9. The lowest BCUT2D eigenvalue weighted by Crippen LogP contribution is -2.23. The standard InChI is InChI=1S/C14H12Br2N2O/c15-11-3-1-9(2-4-11)14(19)18-8-10-7-12(16)5-6-13(10)17/h1-7H,8,17H2,(H,18,19). The van der Waals surface area contributed by atoms with Crippen LogP contribution in [-0.2, 0) is 6.54 Å². The van der Waals surface area contributed by atoms with Gasteiger partial charge in [-0.25, -0.2) is 0 Å². The Hall–Kier alpha value is -1.33. The number of carbonyl (C=O) groups is 1. The van der Waals surface area contributed by atoms with Crippen molar-refractivity contribution in [1.82, 2.24) is 5.32 Å². The fraction of sp³-hybridized carbons (Fsp3) is 0.0714. The zero-order valence-corrected chi connectivity index (χ0v) is 13.2. The van der Waals surface area contributed by atoms with Crippen molar-refractivity contribution in [3.05, 3.63) is 62.5 Å². The SMILES string of the molecule is Nc1ccc(Br)cc1CNC(=O)c1ccc(Br)cc1. The topological polar surface area (TPSA) is 55.1 Å². The van der Waals surface area contributed by atoms with Crippen LogP contribution in [0.4, 0.5) is 5.69 Å². The van der Waals surface area contributed by atoms with Crippen LogP contribution in [0, 0.1) is 0 Å². The molecule has 0 aliphatic rings. The van der Waals surface area contributed by atoms with Crippen LogP contribution in [0.2, 0.25) is 0 Å². The summed E-state index contributed by atoms with van der Waals surface area (Å²) in [7, 11) is 0. The second-order valence-corrected chi connectivity index (χ2v) is 5.86. The Balaban J connectivity index is 2.04. The number of benzene rings is 2. The molecule has 19 heavy (non-hydrogen) atoms. The molecule has 0 bridgehead atoms. The Kier molecular flexibility index (Phi) is 4.61. The van der Waals surface area contributed by atoms with Crippen molar-refractivity contribution in [2.24, 2.45) is 0 Å². The summed E-state index contributed by atoms with van der Waals surface area (Å²) in [5.74, 6) is -0.119. The van der Waals surface area contributed by atoms with E-state index in [9.17, 15) is 4.79 Å². The van der Waals surface area contributed by atoms with E-state index >= 15 is 0 Å². The monoisotopic (exact) mass is 382 g/mol. The van der Waals surface area contributed by atoms with Crippen LogP contribution in [0.15, 0.2) is 51.4 Å². The highest BCUT2D eigenvalue weighted by molar-refractivity contribution is 9.10. The first kappa shape index (κ1) is 14.1. The molecular weight excluding hydrogens is 372 g/mol. The summed E-state index contributed by atoms with van der Waals surface area (Å²) in [5, 5.41) is 2.85. The number of hydrogen-bond donors (Lipinski definition) is 2. The lowest BCUT2D eigenvalue weighted by atomic mass is 10.1. The number of nitrogens with one attached hydrogen (secondary N) is 1. The zero-order valence-electron chi connectivity index (χ0n) is 9.99. The second-order valence-electron chi connectivity index (χ2n) is 4.03. The van der Waals surface area contributed by atoms with Crippen LogP contribution < -0.4 is 11.1 Å². The molecule has 0 radical (unpaired) electrons. The van der Waals surface area contributed by atoms with Gasteiger partial charge in [0.25, 0.3) is 5.91 Å². The van der Waals surface area contributed by atoms with Gasteiger partial charge in [0.1, 0.15) is 0 Å². The average molecular weight is 384 g/mol. The van der Waals surface area contributed by atoms with Crippen LogP contribution in [0.5, 0.6) is 0 Å². The van der Waals surface area contributed by atoms with Crippen molar-refractivity contribution < 1.29 is 4.79 Å². The fourth-order valence-electron chi connectivity index (χ4n) is 1.61. The van der Waals surface area contributed by atoms with E-state index < -0.39 is 0 Å². The smallest absolute Gasteiger partial charge is 0.251 e. The molecule has 0 spiro atoms. The zero-order chi connectivity index (χ0) is 13.8. The lowest BCUT2D eigenvalue weighted by Gasteiger charge is -2.08. The summed E-state index contributed by atoms with van der Waals surface area (Å²) in [4.78, 5) is 11.9. The van der Waals surface area contributed by atoms with Gasteiger partial charge in [-0.05, 0) is 48.0 Å². The van der Waals surface area contributed by atoms with E-state index in [1.165, 1.54) is 0 Å². The van der Waals surface area contributed by atoms with Gasteiger partial charge in [-0.15, -0.1) is 0 Å². The minimum Gasteiger partial charge on any atom is -0.398 e. The molecule has 1 amide bonds. The Morgan fingerprint density at radius 3 is 2.37 bits per heavy atom. The van der Waals surface area contributed by atoms with Gasteiger partial charge in [0.05, 0.1) is 0 Å². The van der Waals surface area contributed by atoms with Crippen LogP contribution in [0.3, 0.4) is 0 Å². The molecule has 0 fully saturated rings. The van der Waals surface area contributed by atoms with E-state index in [2.05, 4.69) is 37.2 Å². The van der Waals surface area contributed by atoms with Crippen LogP contribution >= 0.6 is 31.9 Å². The van der Waals surface area contributed by atoms with E-state index in [0.717, 1.165) is 14.5 Å². The molecule has 0 saturated carbocycles. The number of nitrogens with two attached hydrogens (primary N) is 1. The molecule has 0 heterocycles. The van der Waals surface area contributed by atoms with Crippen molar-refractivity contribution in [2.45, 2.75) is 6.54 Å². The molecule has 98 valence electrons. The first-order valence-corrected chi connectivity index (χ1v) is 7.22. The predicted molar refractivity (Wildman–Crippen MR) is 83.9 cm³/mol. The molecule has 2 aromatic rings. The van der Waals surface area contributed by atoms with Crippen molar-refractivity contribution >= 4 is 43.5 Å². The van der Waals surface area contributed by atoms with Crippen molar-refractivity contribution in [3.8, 4) is 0 Å². The maximum Gasteiger partial charge on any atom is 0.251 e. The molecule has 0 saturated heterocycles. The molecule has 0 aromatic heterocycles. The number of amides is 1. The van der Waals surface area contributed by atoms with E-state index in [-0.39, 0.29) is 5.91 Å². The van der Waals surface area contributed by atoms with E-state index in [0.29, 0.717) is 17.8 Å². The lowest BCUT2D eigenvalue weighted by molar-refractivity contribution is 0.0951. The van der Waals surface area contributed by atoms with E-state index in [4.69, 9.17) is 5.73 Å². The predicted octanol–water partition coefficient (Wildman–Crippen LogP) is 3.72. The largest absolute Gasteiger partial charge is 0.398 e. The first-order chi connectivity index (χ1) is 9.06. The first-order valence-electron chi connectivity index (χ1n) is 5.64. The molecular formula is C14H12Br2N2O. The van der Waals surface area contributed by atoms with Crippen LogP contribution in [0.1, 0.15) is 15.9 Å². The normalized spacial score (nSPS) is 10.2. The number of anilines is 1. The van der Waals surface area contributed by atoms with Gasteiger partial charge in [-0.1, -0.05) is 31.9 Å². The Morgan fingerprint density at radius 1 is 1.05 bits per heavy atom. The molecule has 0 unspecified atom stereocenters. The van der Waals surface area contributed by atoms with E-state index in [1.807, 2.05) is 30.3 Å². The van der Waals surface area contributed by atoms with Gasteiger partial charge in [-0.3, -0.25) is 4.79 Å². The Bertz CT molecular complexity index is 597. The second kappa shape index (κ2) is 6.21. The van der Waals surface area contributed by atoms with Gasteiger partial charge in [-0.2, -0.15) is 0 Å². The number of hydrogen-bond acceptors (Lipinski definition) is 2. The third-order valence-corrected chi connectivity index (χ3v) is 3.67. The summed E-state index contributed by atoms with van der Waals surface area (Å²) in [6.07, 6.45) is 0. The molecule has 2 aromatic carbocycles. The van der Waals surface area contributed by atoms with Crippen LogP contribution in [0.25, 0.3) is 0 Å². The highest BCUT2D eigenvalue weighted by Crippen LogP contribution is 2.18. The minimum atomic E-state index is -0.119. The van der Waals surface area contributed by atoms with Crippen molar-refractivity contribution in [2.75, 3.05) is 5.73 Å². The minimum absolute atomic E-state index is 0.119. The third kappa shape index (κ3) is 3.81. The molecule has 3 N–H and O–H groups in total. The van der Waals surface area contributed by atoms with Crippen LogP contribution in [-0.4, -0.2) is 5.91 Å². The Morgan fingerprint density at radius 2 is 1.68 bits per heavy atom. The summed E-state index contributed by atoms with van der Waals surface area (Å²) in [6.45, 7) is 0.403. The molecule has 0 aliphatic heterocycles. The quantitative estimate of drug-likeness (QED) is 0.793. The molecule has 0 aliphatic carbocycles. The van der Waals surface area contributed by atoms with Crippen molar-refractivity contribution in [1.29, 1.82) is 0 Å².